The molecule has 2 rings (SSSR count). The molecule has 0 saturated heterocycles. The van der Waals surface area contributed by atoms with Crippen LogP contribution >= 0.6 is 0 Å². The Labute approximate surface area is 179 Å². The van der Waals surface area contributed by atoms with Gasteiger partial charge in [0.2, 0.25) is 0 Å². The monoisotopic (exact) mass is 407 g/mol. The van der Waals surface area contributed by atoms with Gasteiger partial charge >= 0.3 is 6.03 Å². The number of aliphatic imine (C=N–C) groups is 1. The van der Waals surface area contributed by atoms with E-state index in [4.69, 9.17) is 10.8 Å². The number of para-hydroxylation sites is 1. The minimum Gasteiger partial charge on any atom is -0.351 e. The Morgan fingerprint density at radius 3 is 2.63 bits per heavy atom. The first-order chi connectivity index (χ1) is 14.4. The van der Waals surface area contributed by atoms with E-state index in [0.29, 0.717) is 11.7 Å². The fraction of sp³-hybridized carbons (Fsp3) is 0.375. The summed E-state index contributed by atoms with van der Waals surface area (Å²) in [6.45, 7) is 12.4. The maximum Gasteiger partial charge on any atom is 0.317 e. The van der Waals surface area contributed by atoms with Crippen molar-refractivity contribution in [1.82, 2.24) is 9.78 Å². The number of urea groups is 1. The van der Waals surface area contributed by atoms with Crippen LogP contribution in [0.5, 0.6) is 0 Å². The van der Waals surface area contributed by atoms with Crippen LogP contribution in [-0.2, 0) is 0 Å². The summed E-state index contributed by atoms with van der Waals surface area (Å²) in [7, 11) is 0. The summed E-state index contributed by atoms with van der Waals surface area (Å²) < 4.78 is 1.71. The Balaban J connectivity index is 2.55. The van der Waals surface area contributed by atoms with E-state index in [-0.39, 0.29) is 0 Å². The second-order valence-electron chi connectivity index (χ2n) is 7.42. The third-order valence-corrected chi connectivity index (χ3v) is 5.11. The van der Waals surface area contributed by atoms with Gasteiger partial charge in [-0.1, -0.05) is 64.5 Å². The van der Waals surface area contributed by atoms with Crippen LogP contribution in [0.1, 0.15) is 57.7 Å². The number of carbonyl (C=O) groups excluding carboxylic acids is 1. The molecule has 30 heavy (non-hydrogen) atoms. The molecule has 1 unspecified atom stereocenters. The van der Waals surface area contributed by atoms with Gasteiger partial charge in [-0.3, -0.25) is 10.3 Å². The molecule has 2 amide bonds. The molecule has 6 heteroatoms. The van der Waals surface area contributed by atoms with Crippen molar-refractivity contribution < 1.29 is 4.79 Å². The number of unbranched alkanes of at least 4 members (excludes halogenated alkanes) is 2. The molecular weight excluding hydrogens is 374 g/mol. The number of nitrogens with zero attached hydrogens (tertiary/aromatic N) is 3. The molecule has 0 fully saturated rings. The molecule has 160 valence electrons. The number of rotatable bonds is 10. The van der Waals surface area contributed by atoms with Gasteiger partial charge < -0.3 is 5.73 Å². The lowest BCUT2D eigenvalue weighted by Gasteiger charge is -2.08. The lowest BCUT2D eigenvalue weighted by molar-refractivity contribution is 0.259. The average molecular weight is 408 g/mol. The van der Waals surface area contributed by atoms with Crippen LogP contribution in [0.2, 0.25) is 0 Å². The zero-order chi connectivity index (χ0) is 22.1. The number of benzene rings is 1. The Hall–Kier alpha value is -3.15. The van der Waals surface area contributed by atoms with Crippen LogP contribution < -0.4 is 11.1 Å². The maximum atomic E-state index is 11.6. The van der Waals surface area contributed by atoms with Crippen LogP contribution in [0.25, 0.3) is 11.3 Å². The fourth-order valence-corrected chi connectivity index (χ4v) is 2.98. The van der Waals surface area contributed by atoms with Gasteiger partial charge in [0.05, 0.1) is 11.4 Å². The van der Waals surface area contributed by atoms with E-state index in [1.165, 1.54) is 0 Å². The van der Waals surface area contributed by atoms with E-state index in [0.717, 1.165) is 53.9 Å². The molecule has 0 aliphatic rings. The molecule has 1 heterocycles. The van der Waals surface area contributed by atoms with Crippen LogP contribution in [-0.4, -0.2) is 22.0 Å². The normalized spacial score (nSPS) is 12.9. The number of nitrogens with one attached hydrogen (secondary N) is 1. The SMILES string of the molecule is C=C(N=C/C(=C\CCCC)c1nn(-c2ccccc2)c(NC(N)=O)c1C)C(C)CC. The lowest BCUT2D eigenvalue weighted by Crippen LogP contribution is -2.21. The molecule has 0 aliphatic carbocycles. The van der Waals surface area contributed by atoms with Crippen molar-refractivity contribution in [2.75, 3.05) is 5.32 Å². The van der Waals surface area contributed by atoms with E-state index < -0.39 is 6.03 Å². The Morgan fingerprint density at radius 1 is 1.33 bits per heavy atom. The maximum absolute atomic E-state index is 11.6. The molecule has 0 radical (unpaired) electrons. The quantitative estimate of drug-likeness (QED) is 0.381. The van der Waals surface area contributed by atoms with Crippen LogP contribution in [0, 0.1) is 12.8 Å². The number of aromatic nitrogens is 2. The van der Waals surface area contributed by atoms with Gasteiger partial charge in [0.1, 0.15) is 5.82 Å². The molecule has 2 aromatic rings. The fourth-order valence-electron chi connectivity index (χ4n) is 2.98. The van der Waals surface area contributed by atoms with E-state index in [1.807, 2.05) is 43.5 Å². The van der Waals surface area contributed by atoms with Crippen LogP contribution in [0.15, 0.2) is 53.7 Å². The minimum absolute atomic E-state index is 0.313. The molecule has 6 nitrogen and oxygen atoms in total. The highest BCUT2D eigenvalue weighted by atomic mass is 16.2. The Kier molecular flexibility index (Phi) is 8.59. The van der Waals surface area contributed by atoms with Crippen molar-refractivity contribution in [2.24, 2.45) is 16.6 Å². The smallest absolute Gasteiger partial charge is 0.317 e. The summed E-state index contributed by atoms with van der Waals surface area (Å²) in [6, 6.07) is 9.03. The lowest BCUT2D eigenvalue weighted by atomic mass is 10.1. The van der Waals surface area contributed by atoms with E-state index in [2.05, 4.69) is 43.7 Å². The molecule has 1 aromatic heterocycles. The summed E-state index contributed by atoms with van der Waals surface area (Å²) in [5.41, 5.74) is 9.61. The van der Waals surface area contributed by atoms with Gasteiger partial charge in [-0.25, -0.2) is 9.48 Å². The summed E-state index contributed by atoms with van der Waals surface area (Å²) in [5.74, 6) is 0.868. The van der Waals surface area contributed by atoms with Crippen molar-refractivity contribution >= 4 is 23.6 Å². The van der Waals surface area contributed by atoms with E-state index in [9.17, 15) is 4.79 Å². The van der Waals surface area contributed by atoms with Crippen LogP contribution in [0.4, 0.5) is 10.6 Å². The van der Waals surface area contributed by atoms with Gasteiger partial charge in [-0.05, 0) is 37.8 Å². The number of amides is 2. The van der Waals surface area contributed by atoms with Crippen molar-refractivity contribution in [2.45, 2.75) is 53.4 Å². The Morgan fingerprint density at radius 2 is 2.03 bits per heavy atom. The first kappa shape index (κ1) is 23.1. The standard InChI is InChI=1S/C24H33N5O/c1-6-8-10-13-20(16-26-19(5)17(3)7-2)22-18(4)23(27-24(25)30)29(28-22)21-14-11-9-12-15-21/h9,11-17H,5-8,10H2,1-4H3,(H3,25,27,30)/b20-13+,26-16?. The topological polar surface area (TPSA) is 85.3 Å². The minimum atomic E-state index is -0.628. The molecule has 1 aromatic carbocycles. The zero-order valence-corrected chi connectivity index (χ0v) is 18.5. The highest BCUT2D eigenvalue weighted by Gasteiger charge is 2.19. The van der Waals surface area contributed by atoms with E-state index in [1.54, 1.807) is 4.68 Å². The zero-order valence-electron chi connectivity index (χ0n) is 18.5. The third kappa shape index (κ3) is 5.92. The van der Waals surface area contributed by atoms with Gasteiger partial charge in [0, 0.05) is 23.0 Å². The number of nitrogens with two attached hydrogens (primary N) is 1. The van der Waals surface area contributed by atoms with Gasteiger partial charge in [0.15, 0.2) is 0 Å². The molecule has 1 atom stereocenters. The number of carbonyl (C=O) groups is 1. The van der Waals surface area contributed by atoms with E-state index >= 15 is 0 Å². The highest BCUT2D eigenvalue weighted by molar-refractivity contribution is 6.10. The molecule has 0 spiro atoms. The van der Waals surface area contributed by atoms with Gasteiger partial charge in [-0.2, -0.15) is 5.10 Å². The van der Waals surface area contributed by atoms with Crippen LogP contribution in [0.3, 0.4) is 0 Å². The first-order valence-corrected chi connectivity index (χ1v) is 10.5. The van der Waals surface area contributed by atoms with Crippen molar-refractivity contribution in [3.63, 3.8) is 0 Å². The second kappa shape index (κ2) is 11.1. The van der Waals surface area contributed by atoms with Crippen molar-refractivity contribution in [3.05, 3.63) is 59.9 Å². The Bertz CT molecular complexity index is 925. The van der Waals surface area contributed by atoms with Crippen molar-refractivity contribution in [3.8, 4) is 5.69 Å². The average Bonchev–Trinajstić information content (AvgIpc) is 3.06. The second-order valence-corrected chi connectivity index (χ2v) is 7.42. The number of allylic oxidation sites excluding steroid dienone is 3. The first-order valence-electron chi connectivity index (χ1n) is 10.5. The summed E-state index contributed by atoms with van der Waals surface area (Å²) in [6.07, 6.45) is 8.07. The largest absolute Gasteiger partial charge is 0.351 e. The number of hydrogen-bond donors (Lipinski definition) is 2. The molecule has 0 bridgehead atoms. The highest BCUT2D eigenvalue weighted by Crippen LogP contribution is 2.28. The molecule has 0 saturated carbocycles. The number of anilines is 1. The molecular formula is C24H33N5O. The van der Waals surface area contributed by atoms with Gasteiger partial charge in [-0.15, -0.1) is 0 Å². The third-order valence-electron chi connectivity index (χ3n) is 5.11. The summed E-state index contributed by atoms with van der Waals surface area (Å²) in [4.78, 5) is 16.3. The van der Waals surface area contributed by atoms with Gasteiger partial charge in [0.25, 0.3) is 0 Å². The predicted molar refractivity (Wildman–Crippen MR) is 126 cm³/mol. The predicted octanol–water partition coefficient (Wildman–Crippen LogP) is 5.88. The molecule has 0 aliphatic heterocycles. The molecule has 3 N–H and O–H groups in total. The number of primary amides is 1. The number of hydrogen-bond acceptors (Lipinski definition) is 3. The summed E-state index contributed by atoms with van der Waals surface area (Å²) in [5, 5.41) is 7.54. The summed E-state index contributed by atoms with van der Waals surface area (Å²) >= 11 is 0. The van der Waals surface area contributed by atoms with Crippen molar-refractivity contribution in [1.29, 1.82) is 0 Å².